The van der Waals surface area contributed by atoms with E-state index in [0.717, 1.165) is 31.7 Å². The fraction of sp³-hybridized carbons (Fsp3) is 0.316. The lowest BCUT2D eigenvalue weighted by molar-refractivity contribution is 0.0595. The van der Waals surface area contributed by atoms with Gasteiger partial charge in [0.2, 0.25) is 0 Å². The Kier molecular flexibility index (Phi) is 4.51. The van der Waals surface area contributed by atoms with E-state index in [4.69, 9.17) is 10.5 Å². The topological polar surface area (TPSA) is 55.6 Å². The fourth-order valence-corrected chi connectivity index (χ4v) is 2.79. The summed E-state index contributed by atoms with van der Waals surface area (Å²) in [7, 11) is 0. The number of carbonyl (C=O) groups excluding carboxylic acids is 1. The summed E-state index contributed by atoms with van der Waals surface area (Å²) in [6.45, 7) is 3.50. The quantitative estimate of drug-likeness (QED) is 0.885. The Morgan fingerprint density at radius 1 is 1.04 bits per heavy atom. The van der Waals surface area contributed by atoms with Gasteiger partial charge in [-0.25, -0.2) is 0 Å². The summed E-state index contributed by atoms with van der Waals surface area (Å²) >= 11 is 0. The fourth-order valence-electron chi connectivity index (χ4n) is 2.79. The van der Waals surface area contributed by atoms with Crippen LogP contribution in [0.2, 0.25) is 0 Å². The molecule has 0 saturated carbocycles. The van der Waals surface area contributed by atoms with E-state index in [1.54, 1.807) is 24.3 Å². The van der Waals surface area contributed by atoms with Crippen LogP contribution in [0.4, 0.5) is 5.69 Å². The predicted octanol–water partition coefficient (Wildman–Crippen LogP) is 3.26. The molecule has 4 nitrogen and oxygen atoms in total. The normalized spacial score (nSPS) is 15.4. The molecule has 1 fully saturated rings. The third-order valence-electron chi connectivity index (χ3n) is 4.21. The molecule has 0 bridgehead atoms. The van der Waals surface area contributed by atoms with Gasteiger partial charge in [-0.3, -0.25) is 4.79 Å². The molecule has 0 atom stereocenters. The van der Waals surface area contributed by atoms with E-state index >= 15 is 0 Å². The van der Waals surface area contributed by atoms with Crippen LogP contribution in [0.3, 0.4) is 0 Å². The van der Waals surface area contributed by atoms with Crippen molar-refractivity contribution in [3.05, 3.63) is 59.7 Å². The van der Waals surface area contributed by atoms with Crippen LogP contribution in [0.5, 0.6) is 5.75 Å². The molecule has 0 aliphatic carbocycles. The van der Waals surface area contributed by atoms with Crippen LogP contribution < -0.4 is 10.5 Å². The summed E-state index contributed by atoms with van der Waals surface area (Å²) in [5.41, 5.74) is 8.25. The highest BCUT2D eigenvalue weighted by atomic mass is 16.5. The summed E-state index contributed by atoms with van der Waals surface area (Å²) in [6.07, 6.45) is 1.89. The van der Waals surface area contributed by atoms with E-state index in [-0.39, 0.29) is 12.0 Å². The van der Waals surface area contributed by atoms with E-state index in [9.17, 15) is 4.79 Å². The van der Waals surface area contributed by atoms with Crippen molar-refractivity contribution in [3.8, 4) is 5.75 Å². The van der Waals surface area contributed by atoms with Gasteiger partial charge in [0.05, 0.1) is 0 Å². The maximum Gasteiger partial charge on any atom is 0.253 e. The van der Waals surface area contributed by atoms with Crippen LogP contribution in [-0.2, 0) is 0 Å². The lowest BCUT2D eigenvalue weighted by Crippen LogP contribution is -2.41. The molecule has 2 N–H and O–H groups in total. The molecule has 1 saturated heterocycles. The second-order valence-electron chi connectivity index (χ2n) is 6.04. The molecule has 0 spiro atoms. The molecule has 120 valence electrons. The zero-order valence-electron chi connectivity index (χ0n) is 13.4. The smallest absolute Gasteiger partial charge is 0.253 e. The van der Waals surface area contributed by atoms with Gasteiger partial charge in [0.25, 0.3) is 5.91 Å². The van der Waals surface area contributed by atoms with Crippen LogP contribution in [0.1, 0.15) is 28.8 Å². The van der Waals surface area contributed by atoms with E-state index in [1.807, 2.05) is 17.0 Å². The van der Waals surface area contributed by atoms with Crippen molar-refractivity contribution in [1.29, 1.82) is 0 Å². The van der Waals surface area contributed by atoms with E-state index < -0.39 is 0 Å². The molecular formula is C19H22N2O2. The molecule has 23 heavy (non-hydrogen) atoms. The molecule has 1 amide bonds. The SMILES string of the molecule is Cc1ccc(OC2CCN(C(=O)c3ccc(N)cc3)CC2)cc1. The highest BCUT2D eigenvalue weighted by molar-refractivity contribution is 5.94. The second-order valence-corrected chi connectivity index (χ2v) is 6.04. The van der Waals surface area contributed by atoms with E-state index in [0.29, 0.717) is 11.3 Å². The number of carbonyl (C=O) groups is 1. The van der Waals surface area contributed by atoms with Crippen LogP contribution in [-0.4, -0.2) is 30.0 Å². The molecular weight excluding hydrogens is 288 g/mol. The molecule has 1 heterocycles. The average Bonchev–Trinajstić information content (AvgIpc) is 2.58. The van der Waals surface area contributed by atoms with Crippen molar-refractivity contribution in [1.82, 2.24) is 4.90 Å². The van der Waals surface area contributed by atoms with E-state index in [2.05, 4.69) is 19.1 Å². The minimum absolute atomic E-state index is 0.0683. The predicted molar refractivity (Wildman–Crippen MR) is 91.6 cm³/mol. The average molecular weight is 310 g/mol. The number of aryl methyl sites for hydroxylation is 1. The first kappa shape index (κ1) is 15.4. The standard InChI is InChI=1S/C19H22N2O2/c1-14-2-8-17(9-3-14)23-18-10-12-21(13-11-18)19(22)15-4-6-16(20)7-5-15/h2-9,18H,10-13,20H2,1H3. The monoisotopic (exact) mass is 310 g/mol. The van der Waals surface area contributed by atoms with Crippen LogP contribution >= 0.6 is 0 Å². The Bertz CT molecular complexity index is 657. The number of piperidine rings is 1. The summed E-state index contributed by atoms with van der Waals surface area (Å²) in [4.78, 5) is 14.3. The summed E-state index contributed by atoms with van der Waals surface area (Å²) in [5, 5.41) is 0. The molecule has 1 aliphatic heterocycles. The summed E-state index contributed by atoms with van der Waals surface area (Å²) in [5.74, 6) is 0.970. The highest BCUT2D eigenvalue weighted by Crippen LogP contribution is 2.21. The first-order valence-corrected chi connectivity index (χ1v) is 8.00. The van der Waals surface area contributed by atoms with Gasteiger partial charge in [-0.05, 0) is 43.3 Å². The van der Waals surface area contributed by atoms with Crippen LogP contribution in [0, 0.1) is 6.92 Å². The third kappa shape index (κ3) is 3.83. The third-order valence-corrected chi connectivity index (χ3v) is 4.21. The number of hydrogen-bond acceptors (Lipinski definition) is 3. The molecule has 3 rings (SSSR count). The molecule has 1 aliphatic rings. The number of anilines is 1. The van der Waals surface area contributed by atoms with Gasteiger partial charge in [-0.1, -0.05) is 17.7 Å². The Balaban J connectivity index is 1.54. The van der Waals surface area contributed by atoms with E-state index in [1.165, 1.54) is 5.56 Å². The molecule has 2 aromatic rings. The van der Waals surface area contributed by atoms with Crippen LogP contribution in [0.25, 0.3) is 0 Å². The van der Waals surface area contributed by atoms with Crippen LogP contribution in [0.15, 0.2) is 48.5 Å². The van der Waals surface area contributed by atoms with Gasteiger partial charge in [0.15, 0.2) is 0 Å². The lowest BCUT2D eigenvalue weighted by atomic mass is 10.1. The number of likely N-dealkylation sites (tertiary alicyclic amines) is 1. The number of nitrogen functional groups attached to an aromatic ring is 1. The molecule has 4 heteroatoms. The van der Waals surface area contributed by atoms with Gasteiger partial charge in [-0.2, -0.15) is 0 Å². The number of nitrogens with zero attached hydrogens (tertiary/aromatic N) is 1. The van der Waals surface area contributed by atoms with Crippen molar-refractivity contribution in [3.63, 3.8) is 0 Å². The number of benzene rings is 2. The number of nitrogens with two attached hydrogens (primary N) is 1. The molecule has 0 unspecified atom stereocenters. The first-order valence-electron chi connectivity index (χ1n) is 8.00. The Morgan fingerprint density at radius 3 is 2.26 bits per heavy atom. The van der Waals surface area contributed by atoms with Gasteiger partial charge in [0, 0.05) is 37.2 Å². The van der Waals surface area contributed by atoms with Gasteiger partial charge >= 0.3 is 0 Å². The van der Waals surface area contributed by atoms with Gasteiger partial charge < -0.3 is 15.4 Å². The van der Waals surface area contributed by atoms with Crippen molar-refractivity contribution in [2.24, 2.45) is 0 Å². The summed E-state index contributed by atoms with van der Waals surface area (Å²) in [6, 6.07) is 15.2. The molecule has 0 radical (unpaired) electrons. The Labute approximate surface area is 136 Å². The van der Waals surface area contributed by atoms with Gasteiger partial charge in [0.1, 0.15) is 11.9 Å². The summed E-state index contributed by atoms with van der Waals surface area (Å²) < 4.78 is 6.01. The second kappa shape index (κ2) is 6.73. The minimum atomic E-state index is 0.0683. The molecule has 2 aromatic carbocycles. The van der Waals surface area contributed by atoms with Crippen molar-refractivity contribution in [2.45, 2.75) is 25.9 Å². The van der Waals surface area contributed by atoms with Crippen molar-refractivity contribution in [2.75, 3.05) is 18.8 Å². The Hall–Kier alpha value is -2.49. The Morgan fingerprint density at radius 2 is 1.65 bits per heavy atom. The van der Waals surface area contributed by atoms with Gasteiger partial charge in [-0.15, -0.1) is 0 Å². The molecule has 0 aromatic heterocycles. The zero-order valence-corrected chi connectivity index (χ0v) is 13.4. The number of amides is 1. The number of hydrogen-bond donors (Lipinski definition) is 1. The number of rotatable bonds is 3. The number of ether oxygens (including phenoxy) is 1. The zero-order chi connectivity index (χ0) is 16.2. The minimum Gasteiger partial charge on any atom is -0.490 e. The highest BCUT2D eigenvalue weighted by Gasteiger charge is 2.24. The maximum atomic E-state index is 12.5. The van der Waals surface area contributed by atoms with Crippen molar-refractivity contribution < 1.29 is 9.53 Å². The van der Waals surface area contributed by atoms with Crippen molar-refractivity contribution >= 4 is 11.6 Å². The largest absolute Gasteiger partial charge is 0.490 e. The first-order chi connectivity index (χ1) is 11.1. The lowest BCUT2D eigenvalue weighted by Gasteiger charge is -2.32. The maximum absolute atomic E-state index is 12.5.